The van der Waals surface area contributed by atoms with E-state index in [1.54, 1.807) is 61.5 Å². The number of carbonyl (C=O) groups excluding carboxylic acids is 3. The average Bonchev–Trinajstić information content (AvgIpc) is 3.34. The number of fused-ring (bicyclic) bond motifs is 1. The number of imide groups is 1. The number of hydrogen-bond acceptors (Lipinski definition) is 8. The maximum Gasteiger partial charge on any atom is 0.302 e. The van der Waals surface area contributed by atoms with Gasteiger partial charge in [-0.3, -0.25) is 14.4 Å². The molecule has 0 bridgehead atoms. The molecule has 0 saturated carbocycles. The van der Waals surface area contributed by atoms with Crippen LogP contribution in [0.4, 0.5) is 5.69 Å². The SMILES string of the molecule is CCc1cccc(C)c1N1C(=O)C(=O)[C@H](c2nc3ccccc3o2)/C(=N/NS(=O)(=O)c2ccc(C)cc2)C1=O. The van der Waals surface area contributed by atoms with Crippen molar-refractivity contribution in [1.82, 2.24) is 9.82 Å². The van der Waals surface area contributed by atoms with Gasteiger partial charge in [-0.1, -0.05) is 55.0 Å². The van der Waals surface area contributed by atoms with E-state index in [1.807, 2.05) is 13.8 Å². The summed E-state index contributed by atoms with van der Waals surface area (Å²) in [5.74, 6) is -4.96. The Kier molecular flexibility index (Phi) is 6.61. The lowest BCUT2D eigenvalue weighted by molar-refractivity contribution is -0.139. The Morgan fingerprint density at radius 3 is 2.36 bits per heavy atom. The van der Waals surface area contributed by atoms with Gasteiger partial charge in [0, 0.05) is 0 Å². The third-order valence-electron chi connectivity index (χ3n) is 6.47. The predicted molar refractivity (Wildman–Crippen MR) is 144 cm³/mol. The molecule has 0 spiro atoms. The van der Waals surface area contributed by atoms with Gasteiger partial charge in [-0.2, -0.15) is 18.4 Å². The summed E-state index contributed by atoms with van der Waals surface area (Å²) >= 11 is 0. The smallest absolute Gasteiger partial charge is 0.302 e. The van der Waals surface area contributed by atoms with Crippen LogP contribution in [-0.4, -0.2) is 36.7 Å². The Morgan fingerprint density at radius 2 is 1.67 bits per heavy atom. The van der Waals surface area contributed by atoms with Crippen LogP contribution in [0.2, 0.25) is 0 Å². The van der Waals surface area contributed by atoms with E-state index >= 15 is 0 Å². The van der Waals surface area contributed by atoms with Gasteiger partial charge in [0.25, 0.3) is 15.9 Å². The van der Waals surface area contributed by atoms with Gasteiger partial charge in [-0.15, -0.1) is 0 Å². The van der Waals surface area contributed by atoms with Crippen molar-refractivity contribution >= 4 is 50.1 Å². The Labute approximate surface area is 224 Å². The van der Waals surface area contributed by atoms with Crippen LogP contribution in [0.1, 0.15) is 35.4 Å². The number of aromatic nitrogens is 1. The van der Waals surface area contributed by atoms with Crippen LogP contribution in [0.25, 0.3) is 11.1 Å². The van der Waals surface area contributed by atoms with Crippen LogP contribution in [-0.2, 0) is 30.8 Å². The van der Waals surface area contributed by atoms with Crippen molar-refractivity contribution in [1.29, 1.82) is 0 Å². The molecule has 198 valence electrons. The molecule has 1 aliphatic rings. The molecule has 2 amide bonds. The van der Waals surface area contributed by atoms with E-state index < -0.39 is 39.3 Å². The minimum Gasteiger partial charge on any atom is -0.439 e. The number of oxazole rings is 1. The number of aryl methyl sites for hydroxylation is 3. The van der Waals surface area contributed by atoms with Crippen molar-refractivity contribution in [3.05, 3.63) is 89.3 Å². The van der Waals surface area contributed by atoms with E-state index in [0.717, 1.165) is 10.5 Å². The molecule has 1 saturated heterocycles. The number of ketones is 1. The molecule has 10 nitrogen and oxygen atoms in total. The molecule has 1 N–H and O–H groups in total. The first-order chi connectivity index (χ1) is 18.6. The molecule has 39 heavy (non-hydrogen) atoms. The van der Waals surface area contributed by atoms with E-state index in [4.69, 9.17) is 4.42 Å². The molecule has 0 aliphatic carbocycles. The van der Waals surface area contributed by atoms with Gasteiger partial charge in [0.05, 0.1) is 10.6 Å². The summed E-state index contributed by atoms with van der Waals surface area (Å²) in [5.41, 5.74) is 2.54. The lowest BCUT2D eigenvalue weighted by Crippen LogP contribution is -2.55. The first-order valence-electron chi connectivity index (χ1n) is 12.1. The second-order valence-electron chi connectivity index (χ2n) is 9.10. The Morgan fingerprint density at radius 1 is 0.949 bits per heavy atom. The van der Waals surface area contributed by atoms with Crippen LogP contribution in [0.5, 0.6) is 0 Å². The van der Waals surface area contributed by atoms with Crippen molar-refractivity contribution < 1.29 is 27.2 Å². The number of benzene rings is 3. The molecule has 0 radical (unpaired) electrons. The molecule has 1 aliphatic heterocycles. The number of hydrogen-bond donors (Lipinski definition) is 1. The number of hydrazone groups is 1. The molecule has 1 fully saturated rings. The number of rotatable bonds is 6. The summed E-state index contributed by atoms with van der Waals surface area (Å²) in [6, 6.07) is 17.9. The summed E-state index contributed by atoms with van der Waals surface area (Å²) < 4.78 is 31.7. The Balaban J connectivity index is 1.66. The second kappa shape index (κ2) is 9.91. The van der Waals surface area contributed by atoms with Crippen LogP contribution in [0.15, 0.2) is 81.1 Å². The predicted octanol–water partition coefficient (Wildman–Crippen LogP) is 3.57. The molecule has 3 aromatic carbocycles. The number of sulfonamides is 1. The molecule has 1 aromatic heterocycles. The number of amides is 2. The zero-order chi connectivity index (χ0) is 27.9. The number of nitrogens with zero attached hydrogens (tertiary/aromatic N) is 3. The summed E-state index contributed by atoms with van der Waals surface area (Å²) in [4.78, 5) is 48.0. The Bertz CT molecular complexity index is 1740. The number of para-hydroxylation sites is 3. The van der Waals surface area contributed by atoms with Crippen LogP contribution in [0.3, 0.4) is 0 Å². The number of Topliss-reactive ketones (excluding diaryl/α,β-unsaturated/α-hetero) is 1. The molecular formula is C28H24N4O6S. The third-order valence-corrected chi connectivity index (χ3v) is 7.70. The highest BCUT2D eigenvalue weighted by Crippen LogP contribution is 2.33. The van der Waals surface area contributed by atoms with Crippen LogP contribution in [0, 0.1) is 13.8 Å². The largest absolute Gasteiger partial charge is 0.439 e. The van der Waals surface area contributed by atoms with Gasteiger partial charge in [-0.05, 0) is 55.7 Å². The lowest BCUT2D eigenvalue weighted by Gasteiger charge is -2.30. The van der Waals surface area contributed by atoms with Crippen LogP contribution < -0.4 is 9.73 Å². The first kappa shape index (κ1) is 26.0. The quantitative estimate of drug-likeness (QED) is 0.222. The third kappa shape index (κ3) is 4.61. The highest BCUT2D eigenvalue weighted by molar-refractivity contribution is 7.89. The average molecular weight is 545 g/mol. The van der Waals surface area contributed by atoms with Crippen molar-refractivity contribution in [3.8, 4) is 0 Å². The van der Waals surface area contributed by atoms with Crippen molar-refractivity contribution in [2.24, 2.45) is 5.10 Å². The topological polar surface area (TPSA) is 139 Å². The number of anilines is 1. The van der Waals surface area contributed by atoms with Gasteiger partial charge < -0.3 is 4.42 Å². The minimum absolute atomic E-state index is 0.0921. The normalized spacial score (nSPS) is 17.3. The second-order valence-corrected chi connectivity index (χ2v) is 10.8. The fraction of sp³-hybridized carbons (Fsp3) is 0.179. The summed E-state index contributed by atoms with van der Waals surface area (Å²) in [7, 11) is -4.22. The van der Waals surface area contributed by atoms with E-state index in [1.165, 1.54) is 12.1 Å². The van der Waals surface area contributed by atoms with E-state index in [9.17, 15) is 22.8 Å². The fourth-order valence-electron chi connectivity index (χ4n) is 4.45. The first-order valence-corrected chi connectivity index (χ1v) is 13.6. The maximum absolute atomic E-state index is 13.9. The standard InChI is InChI=1S/C28H24N4O6S/c1-4-18-9-7-8-17(3)24(18)32-27(34)23(30-31-39(36,37)19-14-12-16(2)13-15-19)22(25(33)28(32)35)26-29-20-10-5-6-11-21(20)38-26/h5-15,22,31H,4H2,1-3H3/b30-23-/t22-/m1/s1. The monoisotopic (exact) mass is 544 g/mol. The zero-order valence-electron chi connectivity index (χ0n) is 21.3. The van der Waals surface area contributed by atoms with Gasteiger partial charge in [0.1, 0.15) is 11.2 Å². The molecule has 1 atom stereocenters. The minimum atomic E-state index is -4.22. The van der Waals surface area contributed by atoms with E-state index in [0.29, 0.717) is 28.6 Å². The summed E-state index contributed by atoms with van der Waals surface area (Å²) in [5, 5.41) is 3.92. The summed E-state index contributed by atoms with van der Waals surface area (Å²) in [6.45, 7) is 5.37. The van der Waals surface area contributed by atoms with Gasteiger partial charge in [0.15, 0.2) is 11.5 Å². The fourth-order valence-corrected chi connectivity index (χ4v) is 5.27. The molecular weight excluding hydrogens is 520 g/mol. The Hall–Kier alpha value is -4.64. The van der Waals surface area contributed by atoms with Crippen molar-refractivity contribution in [2.75, 3.05) is 4.90 Å². The zero-order valence-corrected chi connectivity index (χ0v) is 22.2. The lowest BCUT2D eigenvalue weighted by atomic mass is 9.90. The van der Waals surface area contributed by atoms with Crippen molar-refractivity contribution in [2.45, 2.75) is 38.0 Å². The highest BCUT2D eigenvalue weighted by Gasteiger charge is 2.50. The molecule has 0 unspecified atom stereocenters. The maximum atomic E-state index is 13.9. The number of nitrogens with one attached hydrogen (secondary N) is 1. The van der Waals surface area contributed by atoms with Crippen LogP contribution >= 0.6 is 0 Å². The molecule has 5 rings (SSSR count). The van der Waals surface area contributed by atoms with E-state index in [-0.39, 0.29) is 16.5 Å². The van der Waals surface area contributed by atoms with Gasteiger partial charge >= 0.3 is 5.91 Å². The van der Waals surface area contributed by atoms with Gasteiger partial charge in [0.2, 0.25) is 11.7 Å². The molecule has 2 heterocycles. The highest BCUT2D eigenvalue weighted by atomic mass is 32.2. The molecule has 4 aromatic rings. The van der Waals surface area contributed by atoms with Gasteiger partial charge in [-0.25, -0.2) is 9.88 Å². The summed E-state index contributed by atoms with van der Waals surface area (Å²) in [6.07, 6.45) is 0.476. The number of carbonyl (C=O) groups is 3. The van der Waals surface area contributed by atoms with E-state index in [2.05, 4.69) is 14.9 Å². The van der Waals surface area contributed by atoms with Crippen molar-refractivity contribution in [3.63, 3.8) is 0 Å². The molecule has 11 heteroatoms. The number of piperidine rings is 1.